The SMILES string of the molecule is CC/C(=C/N)C1=NCC(CC)CC1.CCC. The Kier molecular flexibility index (Phi) is 8.97. The van der Waals surface area contributed by atoms with Gasteiger partial charge in [-0.3, -0.25) is 4.99 Å². The zero-order valence-corrected chi connectivity index (χ0v) is 11.4. The van der Waals surface area contributed by atoms with E-state index in [0.29, 0.717) is 0 Å². The van der Waals surface area contributed by atoms with Gasteiger partial charge in [0.25, 0.3) is 0 Å². The van der Waals surface area contributed by atoms with Gasteiger partial charge in [0, 0.05) is 12.3 Å². The van der Waals surface area contributed by atoms with Crippen LogP contribution in [-0.4, -0.2) is 12.3 Å². The maximum absolute atomic E-state index is 5.54. The van der Waals surface area contributed by atoms with Crippen molar-refractivity contribution in [2.75, 3.05) is 6.54 Å². The predicted molar refractivity (Wildman–Crippen MR) is 73.8 cm³/mol. The Hall–Kier alpha value is -0.790. The van der Waals surface area contributed by atoms with Crippen molar-refractivity contribution in [1.82, 2.24) is 0 Å². The van der Waals surface area contributed by atoms with Crippen molar-refractivity contribution in [3.05, 3.63) is 11.8 Å². The van der Waals surface area contributed by atoms with Gasteiger partial charge in [0.15, 0.2) is 0 Å². The second kappa shape index (κ2) is 9.44. The van der Waals surface area contributed by atoms with E-state index in [9.17, 15) is 0 Å². The van der Waals surface area contributed by atoms with E-state index in [1.165, 1.54) is 30.5 Å². The first-order chi connectivity index (χ1) is 7.73. The van der Waals surface area contributed by atoms with Crippen molar-refractivity contribution in [3.8, 4) is 0 Å². The van der Waals surface area contributed by atoms with Gasteiger partial charge in [-0.1, -0.05) is 40.5 Å². The van der Waals surface area contributed by atoms with Crippen molar-refractivity contribution in [2.24, 2.45) is 16.6 Å². The van der Waals surface area contributed by atoms with Gasteiger partial charge in [-0.25, -0.2) is 0 Å². The summed E-state index contributed by atoms with van der Waals surface area (Å²) in [6, 6.07) is 0. The molecule has 2 N–H and O–H groups in total. The van der Waals surface area contributed by atoms with E-state index in [-0.39, 0.29) is 0 Å². The van der Waals surface area contributed by atoms with Gasteiger partial charge in [0.1, 0.15) is 0 Å². The topological polar surface area (TPSA) is 38.4 Å². The summed E-state index contributed by atoms with van der Waals surface area (Å²) >= 11 is 0. The zero-order chi connectivity index (χ0) is 12.4. The third-order valence-corrected chi connectivity index (χ3v) is 2.86. The normalized spacial score (nSPS) is 20.9. The highest BCUT2D eigenvalue weighted by molar-refractivity contribution is 6.00. The molecule has 0 bridgehead atoms. The van der Waals surface area contributed by atoms with E-state index in [2.05, 4.69) is 32.7 Å². The first kappa shape index (κ1) is 15.2. The number of aliphatic imine (C=N–C) groups is 1. The summed E-state index contributed by atoms with van der Waals surface area (Å²) in [4.78, 5) is 4.59. The highest BCUT2D eigenvalue weighted by Gasteiger charge is 2.15. The molecule has 0 fully saturated rings. The van der Waals surface area contributed by atoms with E-state index in [1.807, 2.05) is 0 Å². The van der Waals surface area contributed by atoms with Crippen LogP contribution in [-0.2, 0) is 0 Å². The van der Waals surface area contributed by atoms with Gasteiger partial charge in [-0.15, -0.1) is 0 Å². The molecule has 1 atom stereocenters. The maximum atomic E-state index is 5.54. The van der Waals surface area contributed by atoms with Crippen LogP contribution in [0.2, 0.25) is 0 Å². The van der Waals surface area contributed by atoms with Crippen LogP contribution < -0.4 is 5.73 Å². The molecule has 0 amide bonds. The molecule has 1 aliphatic rings. The Bertz CT molecular complexity index is 229. The van der Waals surface area contributed by atoms with Crippen LogP contribution >= 0.6 is 0 Å². The van der Waals surface area contributed by atoms with Crippen molar-refractivity contribution in [3.63, 3.8) is 0 Å². The lowest BCUT2D eigenvalue weighted by Gasteiger charge is -2.20. The van der Waals surface area contributed by atoms with Gasteiger partial charge >= 0.3 is 0 Å². The molecule has 1 unspecified atom stereocenters. The number of hydrogen-bond donors (Lipinski definition) is 1. The molecule has 0 aromatic heterocycles. The van der Waals surface area contributed by atoms with Crippen molar-refractivity contribution in [2.45, 2.75) is 59.8 Å². The summed E-state index contributed by atoms with van der Waals surface area (Å²) in [5.74, 6) is 0.805. The molecule has 0 aliphatic carbocycles. The van der Waals surface area contributed by atoms with Crippen molar-refractivity contribution < 1.29 is 0 Å². The quantitative estimate of drug-likeness (QED) is 0.775. The van der Waals surface area contributed by atoms with Gasteiger partial charge in [-0.2, -0.15) is 0 Å². The third kappa shape index (κ3) is 5.34. The highest BCUT2D eigenvalue weighted by atomic mass is 14.8. The summed E-state index contributed by atoms with van der Waals surface area (Å²) < 4.78 is 0. The summed E-state index contributed by atoms with van der Waals surface area (Å²) in [6.45, 7) is 9.63. The lowest BCUT2D eigenvalue weighted by Crippen LogP contribution is -2.17. The van der Waals surface area contributed by atoms with Crippen LogP contribution in [0, 0.1) is 5.92 Å². The fourth-order valence-electron chi connectivity index (χ4n) is 1.76. The predicted octanol–water partition coefficient (Wildman–Crippen LogP) is 3.92. The molecule has 0 aromatic rings. The lowest BCUT2D eigenvalue weighted by atomic mass is 9.92. The van der Waals surface area contributed by atoms with E-state index in [1.54, 1.807) is 6.20 Å². The first-order valence-electron chi connectivity index (χ1n) is 6.67. The lowest BCUT2D eigenvalue weighted by molar-refractivity contribution is 0.476. The fraction of sp³-hybridized carbons (Fsp3) is 0.786. The molecule has 0 saturated heterocycles. The van der Waals surface area contributed by atoms with Gasteiger partial charge < -0.3 is 5.73 Å². The molecule has 1 heterocycles. The molecule has 0 aromatic carbocycles. The highest BCUT2D eigenvalue weighted by Crippen LogP contribution is 2.20. The van der Waals surface area contributed by atoms with Crippen LogP contribution in [0.1, 0.15) is 59.8 Å². The smallest absolute Gasteiger partial charge is 0.0420 e. The molecule has 16 heavy (non-hydrogen) atoms. The Balaban J connectivity index is 0.000000673. The van der Waals surface area contributed by atoms with Crippen molar-refractivity contribution in [1.29, 1.82) is 0 Å². The van der Waals surface area contributed by atoms with E-state index in [0.717, 1.165) is 25.3 Å². The third-order valence-electron chi connectivity index (χ3n) is 2.86. The number of hydrogen-bond acceptors (Lipinski definition) is 2. The molecule has 1 aliphatic heterocycles. The Morgan fingerprint density at radius 3 is 2.31 bits per heavy atom. The average Bonchev–Trinajstić information content (AvgIpc) is 2.32. The van der Waals surface area contributed by atoms with Crippen molar-refractivity contribution >= 4 is 5.71 Å². The number of allylic oxidation sites excluding steroid dienone is 1. The molecular formula is C14H28N2. The molecular weight excluding hydrogens is 196 g/mol. The molecule has 0 spiro atoms. The first-order valence-corrected chi connectivity index (χ1v) is 6.67. The second-order valence-corrected chi connectivity index (χ2v) is 4.35. The van der Waals surface area contributed by atoms with Crippen LogP contribution in [0.15, 0.2) is 16.8 Å². The molecule has 1 rings (SSSR count). The molecule has 2 nitrogen and oxygen atoms in total. The van der Waals surface area contributed by atoms with E-state index in [4.69, 9.17) is 5.73 Å². The average molecular weight is 224 g/mol. The number of nitrogens with two attached hydrogens (primary N) is 1. The zero-order valence-electron chi connectivity index (χ0n) is 11.4. The van der Waals surface area contributed by atoms with Gasteiger partial charge in [0.05, 0.1) is 0 Å². The van der Waals surface area contributed by atoms with Crippen LogP contribution in [0.5, 0.6) is 0 Å². The van der Waals surface area contributed by atoms with Gasteiger partial charge in [0.2, 0.25) is 0 Å². The second-order valence-electron chi connectivity index (χ2n) is 4.35. The summed E-state index contributed by atoms with van der Waals surface area (Å²) in [5, 5.41) is 0. The Labute approximate surface area is 101 Å². The van der Waals surface area contributed by atoms with Crippen LogP contribution in [0.3, 0.4) is 0 Å². The Morgan fingerprint density at radius 2 is 2.00 bits per heavy atom. The van der Waals surface area contributed by atoms with E-state index < -0.39 is 0 Å². The molecule has 0 saturated carbocycles. The van der Waals surface area contributed by atoms with Crippen LogP contribution in [0.25, 0.3) is 0 Å². The fourth-order valence-corrected chi connectivity index (χ4v) is 1.76. The minimum absolute atomic E-state index is 0.805. The molecule has 0 radical (unpaired) electrons. The minimum Gasteiger partial charge on any atom is -0.404 e. The monoisotopic (exact) mass is 224 g/mol. The van der Waals surface area contributed by atoms with Crippen LogP contribution in [0.4, 0.5) is 0 Å². The number of nitrogens with zero attached hydrogens (tertiary/aromatic N) is 1. The summed E-state index contributed by atoms with van der Waals surface area (Å²) in [7, 11) is 0. The number of rotatable bonds is 3. The molecule has 94 valence electrons. The summed E-state index contributed by atoms with van der Waals surface area (Å²) in [6.07, 6.45) is 7.63. The standard InChI is InChI=1S/C11H20N2.C3H8/c1-3-9-5-6-11(13-8-9)10(4-2)7-12;1-3-2/h7,9H,3-6,8,12H2,1-2H3;3H2,1-2H3/b10-7-;. The summed E-state index contributed by atoms with van der Waals surface area (Å²) in [5.41, 5.74) is 8.01. The Morgan fingerprint density at radius 1 is 1.38 bits per heavy atom. The molecule has 2 heteroatoms. The van der Waals surface area contributed by atoms with E-state index >= 15 is 0 Å². The van der Waals surface area contributed by atoms with Gasteiger partial charge in [-0.05, 0) is 37.0 Å². The minimum atomic E-state index is 0.805. The maximum Gasteiger partial charge on any atom is 0.0420 e. The largest absolute Gasteiger partial charge is 0.404 e.